The fourth-order valence-electron chi connectivity index (χ4n) is 12.5. The monoisotopic (exact) mass is 917 g/mol. The summed E-state index contributed by atoms with van der Waals surface area (Å²) in [6.45, 7) is -0.175. The highest BCUT2D eigenvalue weighted by Crippen LogP contribution is 2.56. The molecule has 12 aromatic rings. The van der Waals surface area contributed by atoms with Crippen molar-refractivity contribution in [1.29, 1.82) is 0 Å². The summed E-state index contributed by atoms with van der Waals surface area (Å²) in [5.74, 6) is 3.23. The quantitative estimate of drug-likeness (QED) is 0.154. The molecule has 0 radical (unpaired) electrons. The largest absolute Gasteiger partial charge is 0.456 e. The van der Waals surface area contributed by atoms with Crippen LogP contribution in [0.25, 0.3) is 72.0 Å². The van der Waals surface area contributed by atoms with Crippen LogP contribution >= 0.6 is 0 Å². The Kier molecular flexibility index (Phi) is 8.19. The SMILES string of the molecule is c1ccc2c(c1)Oc1ccccc1-c1cccc3c1N(c1ccccc1-2)c1cc(-n2c4ccccc4c4ccccc42)cc2c1B3c1cccc3c1N2c1ccccc1-c1ccccc1Oc1ccccc1-3. The van der Waals surface area contributed by atoms with Crippen molar-refractivity contribution < 1.29 is 9.47 Å². The van der Waals surface area contributed by atoms with Gasteiger partial charge in [-0.2, -0.15) is 0 Å². The van der Waals surface area contributed by atoms with E-state index in [2.05, 4.69) is 257 Å². The van der Waals surface area contributed by atoms with E-state index in [1.807, 2.05) is 0 Å². The predicted molar refractivity (Wildman–Crippen MR) is 297 cm³/mol. The van der Waals surface area contributed by atoms with Crippen LogP contribution < -0.4 is 35.7 Å². The maximum Gasteiger partial charge on any atom is 0.252 e. The molecule has 0 N–H and O–H groups in total. The van der Waals surface area contributed by atoms with Crippen molar-refractivity contribution in [3.05, 3.63) is 243 Å². The van der Waals surface area contributed by atoms with E-state index in [1.54, 1.807) is 0 Å². The average Bonchev–Trinajstić information content (AvgIpc) is 3.78. The highest BCUT2D eigenvalue weighted by Gasteiger charge is 2.47. The van der Waals surface area contributed by atoms with E-state index >= 15 is 0 Å². The number of aromatic nitrogens is 1. The summed E-state index contributed by atoms with van der Waals surface area (Å²) in [7, 11) is 0. The fraction of sp³-hybridized carbons (Fsp3) is 0. The molecular formula is C66H40BN3O2. The van der Waals surface area contributed by atoms with Crippen LogP contribution in [0.4, 0.5) is 34.1 Å². The third-order valence-electron chi connectivity index (χ3n) is 15.4. The molecule has 5 heterocycles. The summed E-state index contributed by atoms with van der Waals surface area (Å²) in [5, 5.41) is 2.43. The minimum absolute atomic E-state index is 0.175. The third-order valence-corrected chi connectivity index (χ3v) is 15.4. The first-order valence-corrected chi connectivity index (χ1v) is 24.7. The van der Waals surface area contributed by atoms with Crippen LogP contribution in [0, 0.1) is 0 Å². The number of rotatable bonds is 1. The number of ether oxygens (including phenoxy) is 2. The van der Waals surface area contributed by atoms with Crippen molar-refractivity contribution in [2.75, 3.05) is 9.80 Å². The highest BCUT2D eigenvalue weighted by molar-refractivity contribution is 7.00. The molecule has 11 aromatic carbocycles. The van der Waals surface area contributed by atoms with Gasteiger partial charge in [0.25, 0.3) is 6.71 Å². The second-order valence-electron chi connectivity index (χ2n) is 19.1. The van der Waals surface area contributed by atoms with E-state index in [4.69, 9.17) is 9.47 Å². The first kappa shape index (κ1) is 39.3. The van der Waals surface area contributed by atoms with Gasteiger partial charge < -0.3 is 23.8 Å². The Balaban J connectivity index is 1.12. The lowest BCUT2D eigenvalue weighted by molar-refractivity contribution is 0.486. The topological polar surface area (TPSA) is 29.9 Å². The molecule has 1 aromatic heterocycles. The van der Waals surface area contributed by atoms with E-state index in [-0.39, 0.29) is 6.71 Å². The fourth-order valence-corrected chi connectivity index (χ4v) is 12.5. The van der Waals surface area contributed by atoms with E-state index in [9.17, 15) is 0 Å². The van der Waals surface area contributed by atoms with Crippen molar-refractivity contribution in [3.63, 3.8) is 0 Å². The van der Waals surface area contributed by atoms with Gasteiger partial charge >= 0.3 is 0 Å². The van der Waals surface area contributed by atoms with Gasteiger partial charge in [0.1, 0.15) is 23.0 Å². The molecule has 4 aliphatic rings. The summed E-state index contributed by atoms with van der Waals surface area (Å²) in [6.07, 6.45) is 0. The van der Waals surface area contributed by atoms with Gasteiger partial charge in [-0.1, -0.05) is 182 Å². The standard InChI is InChI=1S/C66H40BN3O2/c1-9-31-54-42(19-1)43-20-2-10-32-55(43)68(54)41-39-58-64-59(40-41)70-57-34-12-4-22-45(57)47-24-6-14-36-61(47)72-63-38-16-8-26-49(63)51-28-18-30-53(66(51)70)67(64)52-29-17-27-50-48-25-7-15-37-62(48)71-60-35-13-5-23-46(60)44-21-3-11-33-56(44)69(58)65(50)52/h1-40H. The van der Waals surface area contributed by atoms with E-state index in [0.29, 0.717) is 0 Å². The molecule has 5 nitrogen and oxygen atoms in total. The Morgan fingerprint density at radius 2 is 0.639 bits per heavy atom. The lowest BCUT2D eigenvalue weighted by atomic mass is 9.33. The van der Waals surface area contributed by atoms with Crippen LogP contribution in [0.1, 0.15) is 0 Å². The summed E-state index contributed by atoms with van der Waals surface area (Å²) >= 11 is 0. The first-order chi connectivity index (χ1) is 35.8. The Hall–Kier alpha value is -9.52. The Morgan fingerprint density at radius 3 is 1.08 bits per heavy atom. The molecule has 334 valence electrons. The van der Waals surface area contributed by atoms with E-state index in [0.717, 1.165) is 118 Å². The molecule has 0 saturated heterocycles. The average molecular weight is 918 g/mol. The Bertz CT molecular complexity index is 4020. The summed E-state index contributed by atoms with van der Waals surface area (Å²) in [5.41, 5.74) is 22.2. The van der Waals surface area contributed by atoms with Gasteiger partial charge in [0.15, 0.2) is 0 Å². The van der Waals surface area contributed by atoms with Crippen LogP contribution in [0.5, 0.6) is 23.0 Å². The number of hydrogen-bond acceptors (Lipinski definition) is 4. The van der Waals surface area contributed by atoms with Crippen LogP contribution in [0.15, 0.2) is 243 Å². The maximum atomic E-state index is 7.07. The van der Waals surface area contributed by atoms with Gasteiger partial charge in [-0.25, -0.2) is 0 Å². The van der Waals surface area contributed by atoms with Gasteiger partial charge in [-0.3, -0.25) is 0 Å². The third kappa shape index (κ3) is 5.43. The first-order valence-electron chi connectivity index (χ1n) is 24.7. The molecule has 0 aliphatic carbocycles. The zero-order chi connectivity index (χ0) is 47.0. The van der Waals surface area contributed by atoms with Crippen LogP contribution in [-0.4, -0.2) is 11.3 Å². The molecule has 0 amide bonds. The number of para-hydroxylation sites is 10. The molecule has 4 aliphatic heterocycles. The molecule has 0 atom stereocenters. The number of anilines is 6. The molecule has 0 unspecified atom stereocenters. The number of fused-ring (bicyclic) bond motifs is 19. The van der Waals surface area contributed by atoms with Crippen molar-refractivity contribution in [3.8, 4) is 73.2 Å². The molecule has 0 spiro atoms. The van der Waals surface area contributed by atoms with Gasteiger partial charge in [-0.05, 0) is 77.1 Å². The number of hydrogen-bond donors (Lipinski definition) is 0. The lowest BCUT2D eigenvalue weighted by Gasteiger charge is -2.46. The molecule has 6 heteroatoms. The van der Waals surface area contributed by atoms with Crippen LogP contribution in [0.2, 0.25) is 0 Å². The van der Waals surface area contributed by atoms with Gasteiger partial charge in [0, 0.05) is 78.0 Å². The molecule has 72 heavy (non-hydrogen) atoms. The zero-order valence-corrected chi connectivity index (χ0v) is 38.8. The van der Waals surface area contributed by atoms with Crippen molar-refractivity contribution >= 4 is 79.0 Å². The summed E-state index contributed by atoms with van der Waals surface area (Å²) < 4.78 is 16.6. The predicted octanol–water partition coefficient (Wildman–Crippen LogP) is 15.7. The van der Waals surface area contributed by atoms with Gasteiger partial charge in [0.05, 0.1) is 28.1 Å². The lowest BCUT2D eigenvalue weighted by Crippen LogP contribution is -2.61. The highest BCUT2D eigenvalue weighted by atomic mass is 16.5. The second-order valence-corrected chi connectivity index (χ2v) is 19.1. The Morgan fingerprint density at radius 1 is 0.292 bits per heavy atom. The van der Waals surface area contributed by atoms with Crippen molar-refractivity contribution in [2.24, 2.45) is 0 Å². The molecule has 0 saturated carbocycles. The van der Waals surface area contributed by atoms with E-state index in [1.165, 1.54) is 27.2 Å². The molecular weight excluding hydrogens is 878 g/mol. The van der Waals surface area contributed by atoms with Gasteiger partial charge in [0.2, 0.25) is 0 Å². The Labute approximate surface area is 416 Å². The minimum Gasteiger partial charge on any atom is -0.456 e. The maximum absolute atomic E-state index is 7.07. The zero-order valence-electron chi connectivity index (χ0n) is 38.8. The minimum atomic E-state index is -0.175. The van der Waals surface area contributed by atoms with Gasteiger partial charge in [-0.15, -0.1) is 0 Å². The second kappa shape index (κ2) is 15.0. The number of nitrogens with zero attached hydrogens (tertiary/aromatic N) is 3. The van der Waals surface area contributed by atoms with Crippen molar-refractivity contribution in [1.82, 2.24) is 4.57 Å². The normalized spacial score (nSPS) is 13.1. The van der Waals surface area contributed by atoms with E-state index < -0.39 is 0 Å². The number of benzene rings is 11. The molecule has 0 fully saturated rings. The van der Waals surface area contributed by atoms with Crippen LogP contribution in [-0.2, 0) is 0 Å². The van der Waals surface area contributed by atoms with Crippen molar-refractivity contribution in [2.45, 2.75) is 0 Å². The molecule has 16 rings (SSSR count). The molecule has 0 bridgehead atoms. The smallest absolute Gasteiger partial charge is 0.252 e. The van der Waals surface area contributed by atoms with Crippen LogP contribution in [0.3, 0.4) is 0 Å². The summed E-state index contributed by atoms with van der Waals surface area (Å²) in [6, 6.07) is 88.2. The summed E-state index contributed by atoms with van der Waals surface area (Å²) in [4.78, 5) is 5.18.